The van der Waals surface area contributed by atoms with E-state index in [9.17, 15) is 4.79 Å². The first-order valence-electron chi connectivity index (χ1n) is 8.91. The number of hydrogen-bond acceptors (Lipinski definition) is 6. The lowest BCUT2D eigenvalue weighted by molar-refractivity contribution is 0.102. The molecule has 144 valence electrons. The van der Waals surface area contributed by atoms with Crippen LogP contribution in [0.3, 0.4) is 0 Å². The second kappa shape index (κ2) is 7.98. The summed E-state index contributed by atoms with van der Waals surface area (Å²) in [6, 6.07) is 6.23. The first kappa shape index (κ1) is 19.8. The molecule has 0 bridgehead atoms. The van der Waals surface area contributed by atoms with Crippen LogP contribution < -0.4 is 0 Å². The number of Topliss-reactive ketones (excluding diaryl/α,β-unsaturated/α-hetero) is 1. The second-order valence-electron chi connectivity index (χ2n) is 7.52. The number of carbonyl (C=O) groups is 1. The van der Waals surface area contributed by atoms with Crippen LogP contribution in [0.2, 0.25) is 0 Å². The lowest BCUT2D eigenvalue weighted by Gasteiger charge is -2.19. The molecule has 27 heavy (non-hydrogen) atoms. The van der Waals surface area contributed by atoms with Crippen LogP contribution in [0.15, 0.2) is 28.7 Å². The highest BCUT2D eigenvalue weighted by Crippen LogP contribution is 2.24. The maximum absolute atomic E-state index is 12.8. The number of ketones is 1. The second-order valence-corrected chi connectivity index (χ2v) is 9.50. The van der Waals surface area contributed by atoms with Gasteiger partial charge < -0.3 is 4.57 Å². The molecule has 3 rings (SSSR count). The normalized spacial score (nSPS) is 11.9. The minimum Gasteiger partial charge on any atom is -0.348 e. The number of aryl methyl sites for hydroxylation is 2. The molecule has 0 atom stereocenters. The third-order valence-electron chi connectivity index (χ3n) is 4.44. The van der Waals surface area contributed by atoms with Crippen molar-refractivity contribution in [1.82, 2.24) is 24.8 Å². The van der Waals surface area contributed by atoms with Gasteiger partial charge in [0.2, 0.25) is 5.16 Å². The average molecular weight is 404 g/mol. The lowest BCUT2D eigenvalue weighted by Crippen LogP contribution is -2.24. The number of tetrazole rings is 1. The van der Waals surface area contributed by atoms with E-state index in [1.807, 2.05) is 33.8 Å². The Morgan fingerprint density at radius 1 is 1.30 bits per heavy atom. The number of rotatable bonds is 7. The molecule has 0 saturated heterocycles. The quantitative estimate of drug-likeness (QED) is 0.438. The van der Waals surface area contributed by atoms with E-state index in [1.165, 1.54) is 16.6 Å². The van der Waals surface area contributed by atoms with E-state index in [4.69, 9.17) is 0 Å². The van der Waals surface area contributed by atoms with Crippen LogP contribution in [-0.4, -0.2) is 36.3 Å². The average Bonchev–Trinajstić information content (AvgIpc) is 3.32. The fourth-order valence-corrected chi connectivity index (χ4v) is 4.64. The first-order valence-corrected chi connectivity index (χ1v) is 10.8. The molecule has 0 aliphatic rings. The smallest absolute Gasteiger partial charge is 0.210 e. The van der Waals surface area contributed by atoms with Crippen molar-refractivity contribution in [3.63, 3.8) is 0 Å². The number of hydrogen-bond donors (Lipinski definition) is 0. The van der Waals surface area contributed by atoms with Crippen molar-refractivity contribution in [3.05, 3.63) is 45.4 Å². The molecule has 8 heteroatoms. The Morgan fingerprint density at radius 2 is 2.07 bits per heavy atom. The third-order valence-corrected chi connectivity index (χ3v) is 6.30. The largest absolute Gasteiger partial charge is 0.348 e. The highest BCUT2D eigenvalue weighted by Gasteiger charge is 2.22. The first-order chi connectivity index (χ1) is 12.8. The van der Waals surface area contributed by atoms with Gasteiger partial charge >= 0.3 is 0 Å². The molecule has 0 aliphatic carbocycles. The molecule has 3 aromatic heterocycles. The molecule has 0 spiro atoms. The zero-order valence-electron chi connectivity index (χ0n) is 16.4. The van der Waals surface area contributed by atoms with Gasteiger partial charge in [0.25, 0.3) is 0 Å². The Bertz CT molecular complexity index is 919. The summed E-state index contributed by atoms with van der Waals surface area (Å²) < 4.78 is 3.99. The maximum atomic E-state index is 12.8. The van der Waals surface area contributed by atoms with E-state index in [-0.39, 0.29) is 11.3 Å². The monoisotopic (exact) mass is 403 g/mol. The molecule has 0 amide bonds. The van der Waals surface area contributed by atoms with Crippen molar-refractivity contribution in [2.24, 2.45) is 0 Å². The topological polar surface area (TPSA) is 65.6 Å². The van der Waals surface area contributed by atoms with Crippen LogP contribution in [0.25, 0.3) is 0 Å². The van der Waals surface area contributed by atoms with E-state index in [1.54, 1.807) is 16.0 Å². The van der Waals surface area contributed by atoms with Gasteiger partial charge in [0, 0.05) is 28.4 Å². The van der Waals surface area contributed by atoms with Gasteiger partial charge in [-0.25, -0.2) is 4.68 Å². The number of thioether (sulfide) groups is 1. The Morgan fingerprint density at radius 3 is 2.74 bits per heavy atom. The van der Waals surface area contributed by atoms with Crippen molar-refractivity contribution in [2.75, 3.05) is 5.75 Å². The van der Waals surface area contributed by atoms with Gasteiger partial charge in [0.1, 0.15) is 0 Å². The standard InChI is InChI=1S/C19H25N5OS2/c1-13-11-16(14(2)23(13)9-8-15-7-6-10-26-15)17(25)12-27-18-20-21-22-24(18)19(3,4)5/h6-7,10-11H,8-9,12H2,1-5H3. The highest BCUT2D eigenvalue weighted by atomic mass is 32.2. The van der Waals surface area contributed by atoms with Crippen molar-refractivity contribution >= 4 is 28.9 Å². The summed E-state index contributed by atoms with van der Waals surface area (Å²) in [6.07, 6.45) is 0.983. The van der Waals surface area contributed by atoms with Gasteiger partial charge in [-0.1, -0.05) is 17.8 Å². The minimum atomic E-state index is -0.216. The van der Waals surface area contributed by atoms with E-state index in [0.29, 0.717) is 10.9 Å². The summed E-state index contributed by atoms with van der Waals surface area (Å²) >= 11 is 3.16. The molecule has 3 aromatic rings. The Hall–Kier alpha value is -1.93. The maximum Gasteiger partial charge on any atom is 0.210 e. The highest BCUT2D eigenvalue weighted by molar-refractivity contribution is 7.99. The fourth-order valence-electron chi connectivity index (χ4n) is 3.00. The summed E-state index contributed by atoms with van der Waals surface area (Å²) in [5.41, 5.74) is 2.73. The summed E-state index contributed by atoms with van der Waals surface area (Å²) in [6.45, 7) is 11.1. The molecular formula is C19H25N5OS2. The lowest BCUT2D eigenvalue weighted by atomic mass is 10.1. The zero-order valence-corrected chi connectivity index (χ0v) is 18.0. The minimum absolute atomic E-state index is 0.110. The van der Waals surface area contributed by atoms with Crippen LogP contribution in [0, 0.1) is 13.8 Å². The van der Waals surface area contributed by atoms with Crippen LogP contribution in [0.1, 0.15) is 47.4 Å². The van der Waals surface area contributed by atoms with Crippen LogP contribution in [0.4, 0.5) is 0 Å². The molecule has 3 heterocycles. The van der Waals surface area contributed by atoms with Gasteiger partial charge in [0.05, 0.1) is 11.3 Å². The number of carbonyl (C=O) groups excluding carboxylic acids is 1. The summed E-state index contributed by atoms with van der Waals surface area (Å²) in [7, 11) is 0. The Kier molecular flexibility index (Phi) is 5.86. The van der Waals surface area contributed by atoms with E-state index >= 15 is 0 Å². The number of nitrogens with zero attached hydrogens (tertiary/aromatic N) is 5. The summed E-state index contributed by atoms with van der Waals surface area (Å²) in [5, 5.41) is 14.6. The molecule has 0 aromatic carbocycles. The molecular weight excluding hydrogens is 378 g/mol. The van der Waals surface area contributed by atoms with Crippen molar-refractivity contribution in [3.8, 4) is 0 Å². The Balaban J connectivity index is 1.69. The SMILES string of the molecule is Cc1cc(C(=O)CSc2nnnn2C(C)(C)C)c(C)n1CCc1cccs1. The van der Waals surface area contributed by atoms with Gasteiger partial charge in [-0.2, -0.15) is 0 Å². The third kappa shape index (κ3) is 4.50. The fraction of sp³-hybridized carbons (Fsp3) is 0.474. The number of thiophene rings is 1. The van der Waals surface area contributed by atoms with Crippen LogP contribution >= 0.6 is 23.1 Å². The van der Waals surface area contributed by atoms with Crippen LogP contribution in [-0.2, 0) is 18.5 Å². The van der Waals surface area contributed by atoms with Gasteiger partial charge in [-0.3, -0.25) is 4.79 Å². The Labute approximate surface area is 168 Å². The van der Waals surface area contributed by atoms with E-state index < -0.39 is 0 Å². The van der Waals surface area contributed by atoms with Gasteiger partial charge in [-0.05, 0) is 69.0 Å². The molecule has 0 N–H and O–H groups in total. The molecule has 0 aliphatic heterocycles. The predicted molar refractivity (Wildman–Crippen MR) is 110 cm³/mol. The predicted octanol–water partition coefficient (Wildman–Crippen LogP) is 4.13. The molecule has 6 nitrogen and oxygen atoms in total. The van der Waals surface area contributed by atoms with Crippen molar-refractivity contribution in [1.29, 1.82) is 0 Å². The molecule has 0 saturated carbocycles. The number of aromatic nitrogens is 5. The molecule has 0 fully saturated rings. The van der Waals surface area contributed by atoms with E-state index in [2.05, 4.69) is 44.5 Å². The van der Waals surface area contributed by atoms with Gasteiger partial charge in [-0.15, -0.1) is 16.4 Å². The van der Waals surface area contributed by atoms with Crippen molar-refractivity contribution < 1.29 is 4.79 Å². The summed E-state index contributed by atoms with van der Waals surface area (Å²) in [5.74, 6) is 0.435. The zero-order chi connectivity index (χ0) is 19.6. The van der Waals surface area contributed by atoms with Crippen LogP contribution in [0.5, 0.6) is 0 Å². The van der Waals surface area contributed by atoms with Gasteiger partial charge in [0.15, 0.2) is 5.78 Å². The molecule has 0 unspecified atom stereocenters. The van der Waals surface area contributed by atoms with Crippen molar-refractivity contribution in [2.45, 2.75) is 58.3 Å². The summed E-state index contributed by atoms with van der Waals surface area (Å²) in [4.78, 5) is 14.2. The van der Waals surface area contributed by atoms with E-state index in [0.717, 1.165) is 29.9 Å². The molecule has 0 radical (unpaired) electrons.